The zero-order chi connectivity index (χ0) is 15.5. The number of benzene rings is 1. The maximum Gasteiger partial charge on any atom is 0.268 e. The van der Waals surface area contributed by atoms with Crippen LogP contribution in [0.1, 0.15) is 21.7 Å². The molecule has 0 aliphatic carbocycles. The first kappa shape index (κ1) is 14.0. The van der Waals surface area contributed by atoms with Gasteiger partial charge in [0.2, 0.25) is 0 Å². The smallest absolute Gasteiger partial charge is 0.268 e. The van der Waals surface area contributed by atoms with E-state index in [1.54, 1.807) is 12.3 Å². The van der Waals surface area contributed by atoms with Crippen molar-refractivity contribution >= 4 is 16.7 Å². The fourth-order valence-corrected chi connectivity index (χ4v) is 2.26. The molecule has 0 aliphatic heterocycles. The highest BCUT2D eigenvalue weighted by Crippen LogP contribution is 2.12. The maximum absolute atomic E-state index is 12.2. The molecule has 2 N–H and O–H groups in total. The Morgan fingerprint density at radius 1 is 1.23 bits per heavy atom. The molecule has 0 atom stereocenters. The van der Waals surface area contributed by atoms with Gasteiger partial charge in [-0.2, -0.15) is 0 Å². The van der Waals surface area contributed by atoms with Gasteiger partial charge in [0, 0.05) is 11.6 Å². The van der Waals surface area contributed by atoms with Gasteiger partial charge in [-0.15, -0.1) is 0 Å². The van der Waals surface area contributed by atoms with Crippen LogP contribution in [0.4, 0.5) is 0 Å². The summed E-state index contributed by atoms with van der Waals surface area (Å²) >= 11 is 0. The van der Waals surface area contributed by atoms with Gasteiger partial charge in [0.25, 0.3) is 11.5 Å². The molecule has 0 radical (unpaired) electrons. The third-order valence-corrected chi connectivity index (χ3v) is 3.40. The molecule has 0 fully saturated rings. The number of hydrogen-bond acceptors (Lipinski definition) is 3. The Labute approximate surface area is 127 Å². The number of pyridine rings is 2. The second-order valence-electron chi connectivity index (χ2n) is 5.11. The summed E-state index contributed by atoms with van der Waals surface area (Å²) in [7, 11) is 0. The van der Waals surface area contributed by atoms with Crippen LogP contribution in [0.3, 0.4) is 0 Å². The van der Waals surface area contributed by atoms with Gasteiger partial charge in [-0.25, -0.2) is 0 Å². The van der Waals surface area contributed by atoms with Crippen LogP contribution in [-0.4, -0.2) is 15.9 Å². The summed E-state index contributed by atoms with van der Waals surface area (Å²) < 4.78 is 0. The molecule has 0 spiro atoms. The van der Waals surface area contributed by atoms with E-state index in [-0.39, 0.29) is 17.2 Å². The molecule has 0 saturated carbocycles. The minimum Gasteiger partial charge on any atom is -0.345 e. The number of aryl methyl sites for hydroxylation is 1. The van der Waals surface area contributed by atoms with Gasteiger partial charge in [0.15, 0.2) is 0 Å². The average molecular weight is 293 g/mol. The van der Waals surface area contributed by atoms with Gasteiger partial charge in [-0.05, 0) is 36.6 Å². The van der Waals surface area contributed by atoms with E-state index in [1.807, 2.05) is 43.3 Å². The largest absolute Gasteiger partial charge is 0.345 e. The molecular formula is C17H15N3O2. The van der Waals surface area contributed by atoms with E-state index >= 15 is 0 Å². The molecule has 0 bridgehead atoms. The van der Waals surface area contributed by atoms with E-state index in [4.69, 9.17) is 0 Å². The number of aromatic amines is 1. The normalized spacial score (nSPS) is 10.6. The number of H-pyrrole nitrogens is 1. The summed E-state index contributed by atoms with van der Waals surface area (Å²) in [5, 5.41) is 4.08. The van der Waals surface area contributed by atoms with Gasteiger partial charge in [-0.3, -0.25) is 14.6 Å². The molecule has 0 unspecified atom stereocenters. The first-order valence-electron chi connectivity index (χ1n) is 6.95. The second kappa shape index (κ2) is 5.81. The monoisotopic (exact) mass is 293 g/mol. The number of carbonyl (C=O) groups excluding carboxylic acids is 1. The SMILES string of the molecule is Cc1ccc2cc(C(=O)NCc3ccccn3)[nH]c(=O)c2c1. The number of nitrogens with zero attached hydrogens (tertiary/aromatic N) is 1. The van der Waals surface area contributed by atoms with Crippen LogP contribution in [0.2, 0.25) is 0 Å². The maximum atomic E-state index is 12.2. The Kier molecular flexibility index (Phi) is 3.70. The zero-order valence-electron chi connectivity index (χ0n) is 12.1. The predicted molar refractivity (Wildman–Crippen MR) is 84.7 cm³/mol. The van der Waals surface area contributed by atoms with Crippen molar-refractivity contribution < 1.29 is 4.79 Å². The number of aromatic nitrogens is 2. The number of nitrogens with one attached hydrogen (secondary N) is 2. The highest BCUT2D eigenvalue weighted by molar-refractivity contribution is 5.96. The molecule has 22 heavy (non-hydrogen) atoms. The van der Waals surface area contributed by atoms with Gasteiger partial charge in [-0.1, -0.05) is 23.8 Å². The lowest BCUT2D eigenvalue weighted by Crippen LogP contribution is -2.26. The summed E-state index contributed by atoms with van der Waals surface area (Å²) in [5.74, 6) is -0.328. The highest BCUT2D eigenvalue weighted by Gasteiger charge is 2.09. The van der Waals surface area contributed by atoms with Crippen molar-refractivity contribution in [3.8, 4) is 0 Å². The quantitative estimate of drug-likeness (QED) is 0.777. The van der Waals surface area contributed by atoms with Crippen LogP contribution in [0.25, 0.3) is 10.8 Å². The predicted octanol–water partition coefficient (Wildman–Crippen LogP) is 2.16. The van der Waals surface area contributed by atoms with E-state index in [9.17, 15) is 9.59 Å². The second-order valence-corrected chi connectivity index (χ2v) is 5.11. The first-order valence-corrected chi connectivity index (χ1v) is 6.95. The molecule has 3 aromatic rings. The number of rotatable bonds is 3. The molecule has 0 aliphatic rings. The molecule has 5 heteroatoms. The van der Waals surface area contributed by atoms with E-state index in [2.05, 4.69) is 15.3 Å². The Hall–Kier alpha value is -2.95. The van der Waals surface area contributed by atoms with Gasteiger partial charge in [0.1, 0.15) is 5.69 Å². The summed E-state index contributed by atoms with van der Waals surface area (Å²) in [6, 6.07) is 12.7. The van der Waals surface area contributed by atoms with E-state index in [1.165, 1.54) is 0 Å². The van der Waals surface area contributed by atoms with E-state index in [0.717, 1.165) is 16.6 Å². The lowest BCUT2D eigenvalue weighted by atomic mass is 10.1. The van der Waals surface area contributed by atoms with Gasteiger partial charge in [0.05, 0.1) is 12.2 Å². The number of carbonyl (C=O) groups is 1. The molecule has 3 rings (SSSR count). The Morgan fingerprint density at radius 2 is 2.09 bits per heavy atom. The van der Waals surface area contributed by atoms with Crippen LogP contribution >= 0.6 is 0 Å². The van der Waals surface area contributed by atoms with Crippen LogP contribution in [-0.2, 0) is 6.54 Å². The van der Waals surface area contributed by atoms with Crippen molar-refractivity contribution in [2.75, 3.05) is 0 Å². The fraction of sp³-hybridized carbons (Fsp3) is 0.118. The summed E-state index contributed by atoms with van der Waals surface area (Å²) in [6.45, 7) is 2.24. The van der Waals surface area contributed by atoms with Gasteiger partial charge < -0.3 is 10.3 Å². The average Bonchev–Trinajstić information content (AvgIpc) is 2.54. The van der Waals surface area contributed by atoms with Crippen molar-refractivity contribution in [2.45, 2.75) is 13.5 Å². The minimum absolute atomic E-state index is 0.247. The highest BCUT2D eigenvalue weighted by atomic mass is 16.2. The van der Waals surface area contributed by atoms with Crippen molar-refractivity contribution in [1.29, 1.82) is 0 Å². The number of amides is 1. The van der Waals surface area contributed by atoms with Crippen molar-refractivity contribution in [3.63, 3.8) is 0 Å². The standard InChI is InChI=1S/C17H15N3O2/c1-11-5-6-12-9-15(20-16(21)14(12)8-11)17(22)19-10-13-4-2-3-7-18-13/h2-9H,10H2,1H3,(H,19,22)(H,20,21). The van der Waals surface area contributed by atoms with Crippen molar-refractivity contribution in [3.05, 3.63) is 76.0 Å². The molecule has 5 nitrogen and oxygen atoms in total. The van der Waals surface area contributed by atoms with Crippen molar-refractivity contribution in [2.24, 2.45) is 0 Å². The van der Waals surface area contributed by atoms with E-state index in [0.29, 0.717) is 11.9 Å². The lowest BCUT2D eigenvalue weighted by Gasteiger charge is -2.06. The summed E-state index contributed by atoms with van der Waals surface area (Å²) in [6.07, 6.45) is 1.67. The Balaban J connectivity index is 1.85. The van der Waals surface area contributed by atoms with Gasteiger partial charge >= 0.3 is 0 Å². The third-order valence-electron chi connectivity index (χ3n) is 3.40. The minimum atomic E-state index is -0.328. The summed E-state index contributed by atoms with van der Waals surface area (Å²) in [4.78, 5) is 31.0. The molecule has 0 saturated heterocycles. The lowest BCUT2D eigenvalue weighted by molar-refractivity contribution is 0.0945. The Morgan fingerprint density at radius 3 is 2.86 bits per heavy atom. The van der Waals surface area contributed by atoms with Crippen LogP contribution in [0.5, 0.6) is 0 Å². The zero-order valence-corrected chi connectivity index (χ0v) is 12.1. The van der Waals surface area contributed by atoms with Crippen molar-refractivity contribution in [1.82, 2.24) is 15.3 Å². The Bertz CT molecular complexity index is 885. The first-order chi connectivity index (χ1) is 10.6. The van der Waals surface area contributed by atoms with Crippen LogP contribution < -0.4 is 10.9 Å². The number of fused-ring (bicyclic) bond motifs is 1. The molecule has 2 aromatic heterocycles. The topological polar surface area (TPSA) is 74.8 Å². The molecular weight excluding hydrogens is 278 g/mol. The third kappa shape index (κ3) is 2.88. The fourth-order valence-electron chi connectivity index (χ4n) is 2.26. The number of hydrogen-bond donors (Lipinski definition) is 2. The van der Waals surface area contributed by atoms with Crippen LogP contribution in [0.15, 0.2) is 53.5 Å². The van der Waals surface area contributed by atoms with E-state index < -0.39 is 0 Å². The molecule has 1 aromatic carbocycles. The molecule has 1 amide bonds. The molecule has 2 heterocycles. The van der Waals surface area contributed by atoms with Crippen LogP contribution in [0, 0.1) is 6.92 Å². The summed E-state index contributed by atoms with van der Waals surface area (Å²) in [5.41, 5.74) is 1.75. The molecule has 110 valence electrons.